The molecule has 1 aromatic rings. The van der Waals surface area contributed by atoms with Crippen molar-refractivity contribution in [2.75, 3.05) is 6.61 Å². The van der Waals surface area contributed by atoms with Crippen LogP contribution in [0.15, 0.2) is 24.3 Å². The first-order chi connectivity index (χ1) is 8.70. The lowest BCUT2D eigenvalue weighted by Gasteiger charge is -2.33. The summed E-state index contributed by atoms with van der Waals surface area (Å²) in [7, 11) is 0. The van der Waals surface area contributed by atoms with Gasteiger partial charge in [-0.15, -0.1) is 0 Å². The maximum Gasteiger partial charge on any atom is 0.0474 e. The van der Waals surface area contributed by atoms with E-state index in [1.807, 2.05) is 0 Å². The molecule has 0 spiro atoms. The fourth-order valence-electron chi connectivity index (χ4n) is 2.81. The number of halogens is 1. The minimum atomic E-state index is 0.317. The molecule has 3 unspecified atom stereocenters. The minimum absolute atomic E-state index is 0.317. The molecule has 1 aromatic carbocycles. The lowest BCUT2D eigenvalue weighted by atomic mass is 9.84. The van der Waals surface area contributed by atoms with Crippen molar-refractivity contribution in [3.63, 3.8) is 0 Å². The van der Waals surface area contributed by atoms with E-state index in [1.54, 1.807) is 0 Å². The number of aliphatic hydroxyl groups is 1. The van der Waals surface area contributed by atoms with Crippen molar-refractivity contribution < 1.29 is 5.11 Å². The second kappa shape index (κ2) is 6.87. The Morgan fingerprint density at radius 2 is 1.94 bits per heavy atom. The van der Waals surface area contributed by atoms with Crippen molar-refractivity contribution in [3.05, 3.63) is 33.4 Å². The van der Waals surface area contributed by atoms with E-state index in [4.69, 9.17) is 0 Å². The molecule has 1 saturated carbocycles. The molecule has 3 atom stereocenters. The molecule has 18 heavy (non-hydrogen) atoms. The normalized spacial score (nSPS) is 25.9. The van der Waals surface area contributed by atoms with Gasteiger partial charge >= 0.3 is 0 Å². The Morgan fingerprint density at radius 3 is 2.61 bits per heavy atom. The van der Waals surface area contributed by atoms with Crippen molar-refractivity contribution in [1.82, 2.24) is 5.32 Å². The Bertz CT molecular complexity index is 365. The minimum Gasteiger partial charge on any atom is -0.396 e. The summed E-state index contributed by atoms with van der Waals surface area (Å²) >= 11 is 2.33. The quantitative estimate of drug-likeness (QED) is 0.807. The number of benzene rings is 1. The average molecular weight is 359 g/mol. The van der Waals surface area contributed by atoms with Crippen molar-refractivity contribution in [1.29, 1.82) is 0 Å². The maximum absolute atomic E-state index is 9.44. The highest BCUT2D eigenvalue weighted by Crippen LogP contribution is 2.26. The maximum atomic E-state index is 9.44. The molecule has 2 nitrogen and oxygen atoms in total. The SMILES string of the molecule is CC(NC1CCCCC1CO)c1ccc(I)cc1. The van der Waals surface area contributed by atoms with E-state index in [0.29, 0.717) is 24.6 Å². The molecule has 2 rings (SSSR count). The molecule has 0 saturated heterocycles. The lowest BCUT2D eigenvalue weighted by Crippen LogP contribution is -2.41. The molecule has 0 aliphatic heterocycles. The highest BCUT2D eigenvalue weighted by Gasteiger charge is 2.25. The van der Waals surface area contributed by atoms with Gasteiger partial charge in [0, 0.05) is 22.3 Å². The molecule has 1 fully saturated rings. The van der Waals surface area contributed by atoms with E-state index in [0.717, 1.165) is 6.42 Å². The molecule has 100 valence electrons. The van der Waals surface area contributed by atoms with E-state index in [2.05, 4.69) is 59.1 Å². The van der Waals surface area contributed by atoms with Crippen LogP contribution in [0.25, 0.3) is 0 Å². The zero-order valence-corrected chi connectivity index (χ0v) is 13.1. The smallest absolute Gasteiger partial charge is 0.0474 e. The van der Waals surface area contributed by atoms with E-state index in [9.17, 15) is 5.11 Å². The van der Waals surface area contributed by atoms with Crippen molar-refractivity contribution >= 4 is 22.6 Å². The fraction of sp³-hybridized carbons (Fsp3) is 0.600. The van der Waals surface area contributed by atoms with Gasteiger partial charge in [0.15, 0.2) is 0 Å². The predicted octanol–water partition coefficient (Wildman–Crippen LogP) is 3.49. The second-order valence-corrected chi connectivity index (χ2v) is 6.52. The molecule has 0 heterocycles. The topological polar surface area (TPSA) is 32.3 Å². The first-order valence-electron chi connectivity index (χ1n) is 6.83. The van der Waals surface area contributed by atoms with Crippen LogP contribution >= 0.6 is 22.6 Å². The van der Waals surface area contributed by atoms with E-state index >= 15 is 0 Å². The molecule has 0 bridgehead atoms. The third-order valence-electron chi connectivity index (χ3n) is 3.98. The van der Waals surface area contributed by atoms with Gasteiger partial charge in [-0.2, -0.15) is 0 Å². The molecular formula is C15H22INO. The average Bonchev–Trinajstić information content (AvgIpc) is 2.40. The standard InChI is InChI=1S/C15H22INO/c1-11(12-6-8-14(16)9-7-12)17-15-5-3-2-4-13(15)10-18/h6-9,11,13,15,17-18H,2-5,10H2,1H3. The molecular weight excluding hydrogens is 337 g/mol. The van der Waals surface area contributed by atoms with Crippen LogP contribution < -0.4 is 5.32 Å². The number of hydrogen-bond acceptors (Lipinski definition) is 2. The number of hydrogen-bond donors (Lipinski definition) is 2. The molecule has 3 heteroatoms. The van der Waals surface area contributed by atoms with Crippen LogP contribution in [0.1, 0.15) is 44.2 Å². The van der Waals surface area contributed by atoms with Crippen LogP contribution in [0.2, 0.25) is 0 Å². The second-order valence-electron chi connectivity index (χ2n) is 5.27. The summed E-state index contributed by atoms with van der Waals surface area (Å²) in [4.78, 5) is 0. The summed E-state index contributed by atoms with van der Waals surface area (Å²) in [6, 6.07) is 9.51. The van der Waals surface area contributed by atoms with Gasteiger partial charge in [-0.05, 0) is 66.0 Å². The molecule has 2 N–H and O–H groups in total. The van der Waals surface area contributed by atoms with Gasteiger partial charge < -0.3 is 10.4 Å². The van der Waals surface area contributed by atoms with Gasteiger partial charge in [0.1, 0.15) is 0 Å². The van der Waals surface area contributed by atoms with Crippen LogP contribution in [-0.2, 0) is 0 Å². The highest BCUT2D eigenvalue weighted by atomic mass is 127. The van der Waals surface area contributed by atoms with Gasteiger partial charge in [-0.25, -0.2) is 0 Å². The van der Waals surface area contributed by atoms with Crippen LogP contribution in [0, 0.1) is 9.49 Å². The number of nitrogens with one attached hydrogen (secondary N) is 1. The van der Waals surface area contributed by atoms with Gasteiger partial charge in [-0.3, -0.25) is 0 Å². The highest BCUT2D eigenvalue weighted by molar-refractivity contribution is 14.1. The van der Waals surface area contributed by atoms with Gasteiger partial charge in [0.05, 0.1) is 0 Å². The third-order valence-corrected chi connectivity index (χ3v) is 4.70. The first kappa shape index (κ1) is 14.3. The van der Waals surface area contributed by atoms with Crippen LogP contribution in [0.3, 0.4) is 0 Å². The van der Waals surface area contributed by atoms with Crippen molar-refractivity contribution in [3.8, 4) is 0 Å². The summed E-state index contributed by atoms with van der Waals surface area (Å²) in [5.41, 5.74) is 1.33. The molecule has 1 aliphatic carbocycles. The third kappa shape index (κ3) is 3.68. The Labute approximate surface area is 123 Å². The van der Waals surface area contributed by atoms with Crippen LogP contribution in [-0.4, -0.2) is 17.8 Å². The summed E-state index contributed by atoms with van der Waals surface area (Å²) < 4.78 is 1.27. The predicted molar refractivity (Wildman–Crippen MR) is 83.5 cm³/mol. The molecule has 0 amide bonds. The van der Waals surface area contributed by atoms with E-state index < -0.39 is 0 Å². The first-order valence-corrected chi connectivity index (χ1v) is 7.91. The van der Waals surface area contributed by atoms with Crippen LogP contribution in [0.5, 0.6) is 0 Å². The van der Waals surface area contributed by atoms with Gasteiger partial charge in [0.25, 0.3) is 0 Å². The molecule has 0 radical (unpaired) electrons. The Morgan fingerprint density at radius 1 is 1.28 bits per heavy atom. The zero-order valence-electron chi connectivity index (χ0n) is 10.9. The van der Waals surface area contributed by atoms with Gasteiger partial charge in [0.2, 0.25) is 0 Å². The van der Waals surface area contributed by atoms with E-state index in [-0.39, 0.29) is 0 Å². The Hall–Kier alpha value is -0.130. The fourth-order valence-corrected chi connectivity index (χ4v) is 3.17. The summed E-state index contributed by atoms with van der Waals surface area (Å²) in [5.74, 6) is 0.435. The molecule has 1 aliphatic rings. The molecule has 0 aromatic heterocycles. The number of aliphatic hydroxyl groups excluding tert-OH is 1. The summed E-state index contributed by atoms with van der Waals surface area (Å²) in [5, 5.41) is 13.1. The lowest BCUT2D eigenvalue weighted by molar-refractivity contribution is 0.147. The summed E-state index contributed by atoms with van der Waals surface area (Å²) in [6.45, 7) is 2.53. The largest absolute Gasteiger partial charge is 0.396 e. The Kier molecular flexibility index (Phi) is 5.45. The summed E-state index contributed by atoms with van der Waals surface area (Å²) in [6.07, 6.45) is 4.91. The monoisotopic (exact) mass is 359 g/mol. The number of rotatable bonds is 4. The Balaban J connectivity index is 1.97. The van der Waals surface area contributed by atoms with Crippen molar-refractivity contribution in [2.45, 2.75) is 44.7 Å². The van der Waals surface area contributed by atoms with Crippen LogP contribution in [0.4, 0.5) is 0 Å². The zero-order chi connectivity index (χ0) is 13.0. The van der Waals surface area contributed by atoms with E-state index in [1.165, 1.54) is 28.4 Å². The van der Waals surface area contributed by atoms with Crippen molar-refractivity contribution in [2.24, 2.45) is 5.92 Å². The van der Waals surface area contributed by atoms with Gasteiger partial charge in [-0.1, -0.05) is 25.0 Å².